The molecular formula is C27H38O5. The highest BCUT2D eigenvalue weighted by atomic mass is 16.6. The minimum Gasteiger partial charge on any atom is -0.396 e. The standard InChI is InChI=1S/C27H38O5/c1-19(2)31-26-24(29-17-21-11-7-5-8-12-21)15-23(16-28)25(27(26)32-20(3)4)30-18-22-13-9-6-10-14-22/h5-14,19-20,23-28H,15-18H2,1-4H3/t23-,24-,25-,26-,27-/m1/s1. The molecule has 1 aliphatic carbocycles. The lowest BCUT2D eigenvalue weighted by Gasteiger charge is -2.46. The maximum absolute atomic E-state index is 10.2. The lowest BCUT2D eigenvalue weighted by atomic mass is 9.80. The van der Waals surface area contributed by atoms with Crippen molar-refractivity contribution in [2.24, 2.45) is 5.92 Å². The third-order valence-electron chi connectivity index (χ3n) is 5.70. The number of aliphatic hydroxyl groups is 1. The van der Waals surface area contributed by atoms with Crippen LogP contribution in [0.2, 0.25) is 0 Å². The summed E-state index contributed by atoms with van der Waals surface area (Å²) in [6.07, 6.45) is -0.455. The van der Waals surface area contributed by atoms with Crippen molar-refractivity contribution in [2.45, 2.75) is 84.0 Å². The van der Waals surface area contributed by atoms with Gasteiger partial charge in [-0.1, -0.05) is 60.7 Å². The summed E-state index contributed by atoms with van der Waals surface area (Å²) in [4.78, 5) is 0. The Morgan fingerprint density at radius 3 is 1.72 bits per heavy atom. The van der Waals surface area contributed by atoms with Gasteiger partial charge in [0.25, 0.3) is 0 Å². The molecule has 0 amide bonds. The summed E-state index contributed by atoms with van der Waals surface area (Å²) in [5, 5.41) is 10.2. The van der Waals surface area contributed by atoms with Gasteiger partial charge >= 0.3 is 0 Å². The fourth-order valence-corrected chi connectivity index (χ4v) is 4.30. The molecule has 1 N–H and O–H groups in total. The van der Waals surface area contributed by atoms with Crippen molar-refractivity contribution in [1.82, 2.24) is 0 Å². The Morgan fingerprint density at radius 1 is 0.719 bits per heavy atom. The molecule has 1 aliphatic rings. The lowest BCUT2D eigenvalue weighted by molar-refractivity contribution is -0.242. The molecule has 0 spiro atoms. The summed E-state index contributed by atoms with van der Waals surface area (Å²) in [5.74, 6) is -0.102. The Labute approximate surface area is 192 Å². The average molecular weight is 443 g/mol. The first-order valence-corrected chi connectivity index (χ1v) is 11.7. The minimum atomic E-state index is -0.340. The Bertz CT molecular complexity index is 764. The van der Waals surface area contributed by atoms with Crippen LogP contribution in [-0.2, 0) is 32.2 Å². The first-order chi connectivity index (χ1) is 15.5. The normalized spacial score (nSPS) is 26.0. The van der Waals surface area contributed by atoms with Crippen molar-refractivity contribution < 1.29 is 24.1 Å². The lowest BCUT2D eigenvalue weighted by Crippen LogP contribution is -2.59. The highest BCUT2D eigenvalue weighted by molar-refractivity contribution is 5.14. The van der Waals surface area contributed by atoms with E-state index in [1.807, 2.05) is 76.2 Å². The highest BCUT2D eigenvalue weighted by Crippen LogP contribution is 2.35. The quantitative estimate of drug-likeness (QED) is 0.544. The molecule has 0 aliphatic heterocycles. The zero-order valence-corrected chi connectivity index (χ0v) is 19.7. The maximum atomic E-state index is 10.2. The maximum Gasteiger partial charge on any atom is 0.113 e. The molecule has 0 bridgehead atoms. The van der Waals surface area contributed by atoms with Crippen LogP contribution in [0.4, 0.5) is 0 Å². The van der Waals surface area contributed by atoms with Crippen LogP contribution in [0.15, 0.2) is 60.7 Å². The molecule has 32 heavy (non-hydrogen) atoms. The van der Waals surface area contributed by atoms with Gasteiger partial charge in [0.1, 0.15) is 12.2 Å². The van der Waals surface area contributed by atoms with Crippen molar-refractivity contribution in [3.8, 4) is 0 Å². The van der Waals surface area contributed by atoms with Crippen LogP contribution in [0.5, 0.6) is 0 Å². The van der Waals surface area contributed by atoms with E-state index in [1.54, 1.807) is 0 Å². The minimum absolute atomic E-state index is 0.00620. The molecule has 5 heteroatoms. The van der Waals surface area contributed by atoms with Crippen LogP contribution in [0.25, 0.3) is 0 Å². The highest BCUT2D eigenvalue weighted by Gasteiger charge is 2.48. The monoisotopic (exact) mass is 442 g/mol. The van der Waals surface area contributed by atoms with E-state index in [4.69, 9.17) is 18.9 Å². The van der Waals surface area contributed by atoms with E-state index in [0.29, 0.717) is 19.6 Å². The number of hydrogen-bond acceptors (Lipinski definition) is 5. The number of benzene rings is 2. The van der Waals surface area contributed by atoms with Crippen LogP contribution < -0.4 is 0 Å². The van der Waals surface area contributed by atoms with Gasteiger partial charge in [0.15, 0.2) is 0 Å². The second-order valence-electron chi connectivity index (χ2n) is 9.07. The SMILES string of the molecule is CC(C)O[C@@H]1[C@H](OCc2ccccc2)[C@@H](CO)C[C@@H](OCc2ccccc2)[C@H]1OC(C)C. The third-order valence-corrected chi connectivity index (χ3v) is 5.70. The van der Waals surface area contributed by atoms with E-state index in [9.17, 15) is 5.11 Å². The fourth-order valence-electron chi connectivity index (χ4n) is 4.30. The second-order valence-corrected chi connectivity index (χ2v) is 9.07. The third kappa shape index (κ3) is 7.12. The van der Waals surface area contributed by atoms with Gasteiger partial charge in [0.2, 0.25) is 0 Å². The Kier molecular flexibility index (Phi) is 9.69. The van der Waals surface area contributed by atoms with Crippen LogP contribution in [0.1, 0.15) is 45.2 Å². The Balaban J connectivity index is 1.81. The predicted octanol–water partition coefficient (Wildman–Crippen LogP) is 4.76. The van der Waals surface area contributed by atoms with Gasteiger partial charge in [0.05, 0.1) is 37.6 Å². The van der Waals surface area contributed by atoms with Crippen LogP contribution in [-0.4, -0.2) is 48.3 Å². The van der Waals surface area contributed by atoms with E-state index in [1.165, 1.54) is 0 Å². The molecule has 176 valence electrons. The topological polar surface area (TPSA) is 57.2 Å². The molecule has 0 heterocycles. The predicted molar refractivity (Wildman–Crippen MR) is 125 cm³/mol. The number of aliphatic hydroxyl groups excluding tert-OH is 1. The molecule has 3 rings (SSSR count). The van der Waals surface area contributed by atoms with Gasteiger partial charge in [-0.15, -0.1) is 0 Å². The van der Waals surface area contributed by atoms with Crippen LogP contribution >= 0.6 is 0 Å². The van der Waals surface area contributed by atoms with Crippen LogP contribution in [0, 0.1) is 5.92 Å². The molecule has 1 saturated carbocycles. The van der Waals surface area contributed by atoms with E-state index in [0.717, 1.165) is 11.1 Å². The van der Waals surface area contributed by atoms with E-state index in [-0.39, 0.29) is 49.1 Å². The first-order valence-electron chi connectivity index (χ1n) is 11.7. The zero-order chi connectivity index (χ0) is 22.9. The molecule has 0 saturated heterocycles. The molecule has 1 fully saturated rings. The first kappa shape index (κ1) is 24.9. The van der Waals surface area contributed by atoms with E-state index in [2.05, 4.69) is 12.1 Å². The number of hydrogen-bond donors (Lipinski definition) is 1. The molecule has 5 atom stereocenters. The molecular weight excluding hydrogens is 404 g/mol. The summed E-state index contributed by atoms with van der Waals surface area (Å²) in [7, 11) is 0. The van der Waals surface area contributed by atoms with Gasteiger partial charge in [-0.2, -0.15) is 0 Å². The van der Waals surface area contributed by atoms with Gasteiger partial charge < -0.3 is 24.1 Å². The van der Waals surface area contributed by atoms with Gasteiger partial charge in [0, 0.05) is 12.5 Å². The number of ether oxygens (including phenoxy) is 4. The van der Waals surface area contributed by atoms with Crippen molar-refractivity contribution in [1.29, 1.82) is 0 Å². The van der Waals surface area contributed by atoms with Gasteiger partial charge in [-0.05, 0) is 45.2 Å². The van der Waals surface area contributed by atoms with Crippen molar-refractivity contribution in [3.05, 3.63) is 71.8 Å². The summed E-state index contributed by atoms with van der Waals surface area (Å²) in [6.45, 7) is 9.05. The van der Waals surface area contributed by atoms with Gasteiger partial charge in [-0.3, -0.25) is 0 Å². The Morgan fingerprint density at radius 2 is 1.22 bits per heavy atom. The average Bonchev–Trinajstić information content (AvgIpc) is 2.79. The van der Waals surface area contributed by atoms with E-state index < -0.39 is 0 Å². The molecule has 2 aromatic carbocycles. The van der Waals surface area contributed by atoms with Crippen molar-refractivity contribution in [3.63, 3.8) is 0 Å². The zero-order valence-electron chi connectivity index (χ0n) is 19.7. The molecule has 2 aromatic rings. The molecule has 0 radical (unpaired) electrons. The van der Waals surface area contributed by atoms with Crippen molar-refractivity contribution in [2.75, 3.05) is 6.61 Å². The van der Waals surface area contributed by atoms with E-state index >= 15 is 0 Å². The second kappa shape index (κ2) is 12.5. The largest absolute Gasteiger partial charge is 0.396 e. The molecule has 5 nitrogen and oxygen atoms in total. The fraction of sp³-hybridized carbons (Fsp3) is 0.556. The molecule has 0 aromatic heterocycles. The Hall–Kier alpha value is -1.76. The van der Waals surface area contributed by atoms with Gasteiger partial charge in [-0.25, -0.2) is 0 Å². The smallest absolute Gasteiger partial charge is 0.113 e. The van der Waals surface area contributed by atoms with Crippen molar-refractivity contribution >= 4 is 0 Å². The number of rotatable bonds is 11. The molecule has 0 unspecified atom stereocenters. The summed E-state index contributed by atoms with van der Waals surface area (Å²) >= 11 is 0. The van der Waals surface area contributed by atoms with Crippen LogP contribution in [0.3, 0.4) is 0 Å². The summed E-state index contributed by atoms with van der Waals surface area (Å²) < 4.78 is 25.5. The summed E-state index contributed by atoms with van der Waals surface area (Å²) in [5.41, 5.74) is 2.20. The summed E-state index contributed by atoms with van der Waals surface area (Å²) in [6, 6.07) is 20.2.